The second-order valence-electron chi connectivity index (χ2n) is 1.90. The van der Waals surface area contributed by atoms with E-state index in [4.69, 9.17) is 16.2 Å². The lowest BCUT2D eigenvalue weighted by Gasteiger charge is -1.76. The van der Waals surface area contributed by atoms with Crippen LogP contribution < -0.4 is 11.5 Å². The number of hydrogen-bond acceptors (Lipinski definition) is 3. The average Bonchev–Trinajstić information content (AvgIpc) is 2.43. The van der Waals surface area contributed by atoms with Crippen molar-refractivity contribution >= 4 is 0 Å². The van der Waals surface area contributed by atoms with E-state index in [1.807, 2.05) is 0 Å². The first-order valence-corrected chi connectivity index (χ1v) is 3.39. The molecule has 0 saturated carbocycles. The number of rotatable bonds is 1. The van der Waals surface area contributed by atoms with E-state index in [-0.39, 0.29) is 0 Å². The van der Waals surface area contributed by atoms with Crippen molar-refractivity contribution in [2.45, 2.75) is 12.8 Å². The van der Waals surface area contributed by atoms with Gasteiger partial charge in [0.25, 0.3) is 0 Å². The standard InChI is InChI=1S/C4H8O.C2H8N2/c1-2-4-5-3-1;3-1-2-4/h1-4H2;1-4H2. The van der Waals surface area contributed by atoms with Gasteiger partial charge in [-0.05, 0) is 12.8 Å². The van der Waals surface area contributed by atoms with E-state index in [0.717, 1.165) is 13.2 Å². The van der Waals surface area contributed by atoms with Crippen molar-refractivity contribution in [3.63, 3.8) is 0 Å². The topological polar surface area (TPSA) is 61.3 Å². The molecule has 3 heteroatoms. The Labute approximate surface area is 56.4 Å². The third kappa shape index (κ3) is 7.88. The third-order valence-electron chi connectivity index (χ3n) is 0.994. The van der Waals surface area contributed by atoms with Crippen LogP contribution in [-0.2, 0) is 4.74 Å². The second kappa shape index (κ2) is 7.88. The zero-order chi connectivity index (χ0) is 6.95. The van der Waals surface area contributed by atoms with Gasteiger partial charge in [0.05, 0.1) is 0 Å². The minimum absolute atomic E-state index is 0.597. The SMILES string of the molecule is C1CCOC1.NCCN. The van der Waals surface area contributed by atoms with E-state index in [1.165, 1.54) is 12.8 Å². The predicted molar refractivity (Wildman–Crippen MR) is 38.2 cm³/mol. The summed E-state index contributed by atoms with van der Waals surface area (Å²) in [6.07, 6.45) is 2.56. The fourth-order valence-electron chi connectivity index (χ4n) is 0.510. The highest BCUT2D eigenvalue weighted by molar-refractivity contribution is 4.43. The van der Waals surface area contributed by atoms with Crippen LogP contribution in [0.2, 0.25) is 0 Å². The molecule has 3 nitrogen and oxygen atoms in total. The molecule has 0 bridgehead atoms. The number of ether oxygens (including phenoxy) is 1. The molecule has 1 saturated heterocycles. The summed E-state index contributed by atoms with van der Waals surface area (Å²) in [5.74, 6) is 0. The molecule has 0 spiro atoms. The first kappa shape index (κ1) is 8.88. The summed E-state index contributed by atoms with van der Waals surface area (Å²) in [4.78, 5) is 0. The van der Waals surface area contributed by atoms with Crippen LogP contribution in [0.1, 0.15) is 12.8 Å². The van der Waals surface area contributed by atoms with Crippen molar-refractivity contribution in [1.29, 1.82) is 0 Å². The van der Waals surface area contributed by atoms with Gasteiger partial charge >= 0.3 is 0 Å². The molecule has 1 fully saturated rings. The zero-order valence-electron chi connectivity index (χ0n) is 5.81. The zero-order valence-corrected chi connectivity index (χ0v) is 5.81. The van der Waals surface area contributed by atoms with E-state index >= 15 is 0 Å². The normalized spacial score (nSPS) is 16.7. The van der Waals surface area contributed by atoms with Gasteiger partial charge in [0.15, 0.2) is 0 Å². The maximum absolute atomic E-state index is 4.94. The Morgan fingerprint density at radius 2 is 1.44 bits per heavy atom. The highest BCUT2D eigenvalue weighted by atomic mass is 16.5. The molecule has 0 unspecified atom stereocenters. The molecule has 1 aliphatic heterocycles. The molecule has 56 valence electrons. The van der Waals surface area contributed by atoms with Gasteiger partial charge in [-0.25, -0.2) is 0 Å². The fraction of sp³-hybridized carbons (Fsp3) is 1.00. The Kier molecular flexibility index (Phi) is 7.77. The Balaban J connectivity index is 0.000000148. The summed E-state index contributed by atoms with van der Waals surface area (Å²) in [7, 11) is 0. The summed E-state index contributed by atoms with van der Waals surface area (Å²) in [6, 6.07) is 0. The Morgan fingerprint density at radius 1 is 1.00 bits per heavy atom. The van der Waals surface area contributed by atoms with Crippen LogP contribution in [0.4, 0.5) is 0 Å². The summed E-state index contributed by atoms with van der Waals surface area (Å²) < 4.78 is 4.94. The molecule has 0 aromatic rings. The summed E-state index contributed by atoms with van der Waals surface area (Å²) in [6.45, 7) is 3.19. The first-order valence-electron chi connectivity index (χ1n) is 3.39. The van der Waals surface area contributed by atoms with Gasteiger partial charge in [0, 0.05) is 26.3 Å². The maximum atomic E-state index is 4.94. The quantitative estimate of drug-likeness (QED) is 0.515. The molecular weight excluding hydrogens is 116 g/mol. The van der Waals surface area contributed by atoms with Crippen molar-refractivity contribution in [3.8, 4) is 0 Å². The molecule has 0 aliphatic carbocycles. The van der Waals surface area contributed by atoms with Crippen LogP contribution in [0.3, 0.4) is 0 Å². The minimum Gasteiger partial charge on any atom is -0.381 e. The molecule has 1 heterocycles. The van der Waals surface area contributed by atoms with E-state index < -0.39 is 0 Å². The minimum atomic E-state index is 0.597. The smallest absolute Gasteiger partial charge is 0.0466 e. The number of hydrogen-bond donors (Lipinski definition) is 2. The van der Waals surface area contributed by atoms with Gasteiger partial charge in [-0.1, -0.05) is 0 Å². The first-order chi connectivity index (χ1) is 4.41. The third-order valence-corrected chi connectivity index (χ3v) is 0.994. The van der Waals surface area contributed by atoms with E-state index in [2.05, 4.69) is 0 Å². The molecule has 0 atom stereocenters. The van der Waals surface area contributed by atoms with Crippen molar-refractivity contribution < 1.29 is 4.74 Å². The molecule has 9 heavy (non-hydrogen) atoms. The van der Waals surface area contributed by atoms with Crippen LogP contribution in [0, 0.1) is 0 Å². The second-order valence-corrected chi connectivity index (χ2v) is 1.90. The van der Waals surface area contributed by atoms with Gasteiger partial charge in [-0.3, -0.25) is 0 Å². The maximum Gasteiger partial charge on any atom is 0.0466 e. The Morgan fingerprint density at radius 3 is 1.56 bits per heavy atom. The van der Waals surface area contributed by atoms with Crippen LogP contribution in [0.25, 0.3) is 0 Å². The fourth-order valence-corrected chi connectivity index (χ4v) is 0.510. The molecule has 1 rings (SSSR count). The monoisotopic (exact) mass is 132 g/mol. The van der Waals surface area contributed by atoms with Crippen LogP contribution in [-0.4, -0.2) is 26.3 Å². The Bertz CT molecular complexity index is 36.7. The molecular formula is C6H16N2O. The van der Waals surface area contributed by atoms with Crippen molar-refractivity contribution in [2.24, 2.45) is 11.5 Å². The lowest BCUT2D eigenvalue weighted by Crippen LogP contribution is -2.11. The molecule has 0 amide bonds. The van der Waals surface area contributed by atoms with Gasteiger partial charge < -0.3 is 16.2 Å². The van der Waals surface area contributed by atoms with Crippen molar-refractivity contribution in [3.05, 3.63) is 0 Å². The van der Waals surface area contributed by atoms with E-state index in [9.17, 15) is 0 Å². The molecule has 0 aromatic carbocycles. The van der Waals surface area contributed by atoms with Gasteiger partial charge in [0.2, 0.25) is 0 Å². The van der Waals surface area contributed by atoms with Gasteiger partial charge in [0.1, 0.15) is 0 Å². The van der Waals surface area contributed by atoms with Crippen LogP contribution in [0.15, 0.2) is 0 Å². The number of nitrogens with two attached hydrogens (primary N) is 2. The van der Waals surface area contributed by atoms with Crippen LogP contribution >= 0.6 is 0 Å². The van der Waals surface area contributed by atoms with E-state index in [1.54, 1.807) is 0 Å². The van der Waals surface area contributed by atoms with E-state index in [0.29, 0.717) is 13.1 Å². The van der Waals surface area contributed by atoms with Gasteiger partial charge in [-0.2, -0.15) is 0 Å². The van der Waals surface area contributed by atoms with Crippen LogP contribution in [0.5, 0.6) is 0 Å². The molecule has 4 N–H and O–H groups in total. The molecule has 1 aliphatic rings. The predicted octanol–water partition coefficient (Wildman–Crippen LogP) is -0.299. The average molecular weight is 132 g/mol. The van der Waals surface area contributed by atoms with Crippen molar-refractivity contribution in [1.82, 2.24) is 0 Å². The lowest BCUT2D eigenvalue weighted by atomic mass is 10.4. The highest BCUT2D eigenvalue weighted by Crippen LogP contribution is 1.98. The summed E-state index contributed by atoms with van der Waals surface area (Å²) >= 11 is 0. The Hall–Kier alpha value is -0.120. The largest absolute Gasteiger partial charge is 0.381 e. The molecule has 0 aromatic heterocycles. The lowest BCUT2D eigenvalue weighted by molar-refractivity contribution is 0.198. The van der Waals surface area contributed by atoms with Gasteiger partial charge in [-0.15, -0.1) is 0 Å². The highest BCUT2D eigenvalue weighted by Gasteiger charge is 1.94. The summed E-state index contributed by atoms with van der Waals surface area (Å²) in [5, 5.41) is 0. The summed E-state index contributed by atoms with van der Waals surface area (Å²) in [5.41, 5.74) is 9.81. The van der Waals surface area contributed by atoms with Crippen molar-refractivity contribution in [2.75, 3.05) is 26.3 Å². The molecule has 0 radical (unpaired) electrons.